The third-order valence-electron chi connectivity index (χ3n) is 4.00. The Morgan fingerprint density at radius 1 is 1.23 bits per heavy atom. The lowest BCUT2D eigenvalue weighted by molar-refractivity contribution is 0.597. The highest BCUT2D eigenvalue weighted by Crippen LogP contribution is 2.34. The van der Waals surface area contributed by atoms with Crippen LogP contribution in [0.25, 0.3) is 0 Å². The summed E-state index contributed by atoms with van der Waals surface area (Å²) in [6, 6.07) is 13.7. The number of nitrogens with zero attached hydrogens (tertiary/aromatic N) is 1. The summed E-state index contributed by atoms with van der Waals surface area (Å²) in [7, 11) is -3.65. The summed E-state index contributed by atoms with van der Waals surface area (Å²) in [5.41, 5.74) is 3.34. The average molecular weight is 381 g/mol. The maximum atomic E-state index is 11.5. The SMILES string of the molecule is CC1Cc2cc(S(N)(=O)=O)ccc2N1Cc1ccc(Br)cc1. The third-order valence-corrected chi connectivity index (χ3v) is 5.44. The number of primary sulfonamides is 1. The Balaban J connectivity index is 1.91. The zero-order valence-corrected chi connectivity index (χ0v) is 14.6. The number of anilines is 1. The maximum Gasteiger partial charge on any atom is 0.238 e. The van der Waals surface area contributed by atoms with Crippen molar-refractivity contribution in [2.45, 2.75) is 30.8 Å². The molecule has 1 aliphatic rings. The highest BCUT2D eigenvalue weighted by molar-refractivity contribution is 9.10. The monoisotopic (exact) mass is 380 g/mol. The standard InChI is InChI=1S/C16H17BrN2O2S/c1-11-8-13-9-15(22(18,20)21)6-7-16(13)19(11)10-12-2-4-14(17)5-3-12/h2-7,9,11H,8,10H2,1H3,(H2,18,20,21). The van der Waals surface area contributed by atoms with Gasteiger partial charge in [0.2, 0.25) is 10.0 Å². The van der Waals surface area contributed by atoms with Crippen molar-refractivity contribution in [2.75, 3.05) is 4.90 Å². The second-order valence-corrected chi connectivity index (χ2v) is 8.12. The number of sulfonamides is 1. The Kier molecular flexibility index (Phi) is 4.01. The van der Waals surface area contributed by atoms with E-state index in [1.165, 1.54) is 5.56 Å². The van der Waals surface area contributed by atoms with E-state index in [4.69, 9.17) is 5.14 Å². The lowest BCUT2D eigenvalue weighted by atomic mass is 10.1. The van der Waals surface area contributed by atoms with Crippen LogP contribution in [0.15, 0.2) is 51.8 Å². The minimum absolute atomic E-state index is 0.184. The summed E-state index contributed by atoms with van der Waals surface area (Å²) in [6.07, 6.45) is 0.829. The molecule has 0 bridgehead atoms. The minimum Gasteiger partial charge on any atom is -0.364 e. The Labute approximate surface area is 139 Å². The maximum absolute atomic E-state index is 11.5. The first-order valence-electron chi connectivity index (χ1n) is 7.01. The van der Waals surface area contributed by atoms with E-state index in [1.54, 1.807) is 12.1 Å². The molecular weight excluding hydrogens is 364 g/mol. The molecule has 4 nitrogen and oxygen atoms in total. The Hall–Kier alpha value is -1.37. The predicted octanol–water partition coefficient (Wildman–Crippen LogP) is 3.05. The van der Waals surface area contributed by atoms with E-state index in [0.29, 0.717) is 6.04 Å². The van der Waals surface area contributed by atoms with E-state index in [1.807, 2.05) is 18.2 Å². The van der Waals surface area contributed by atoms with Crippen LogP contribution < -0.4 is 10.0 Å². The van der Waals surface area contributed by atoms with Gasteiger partial charge in [-0.1, -0.05) is 28.1 Å². The van der Waals surface area contributed by atoms with Crippen molar-refractivity contribution in [3.05, 3.63) is 58.1 Å². The van der Waals surface area contributed by atoms with Crippen LogP contribution in [0.2, 0.25) is 0 Å². The van der Waals surface area contributed by atoms with Gasteiger partial charge >= 0.3 is 0 Å². The van der Waals surface area contributed by atoms with Gasteiger partial charge in [-0.15, -0.1) is 0 Å². The lowest BCUT2D eigenvalue weighted by Crippen LogP contribution is -2.28. The van der Waals surface area contributed by atoms with E-state index in [0.717, 1.165) is 28.7 Å². The highest BCUT2D eigenvalue weighted by atomic mass is 79.9. The van der Waals surface area contributed by atoms with Crippen LogP contribution in [-0.2, 0) is 23.0 Å². The van der Waals surface area contributed by atoms with Crippen LogP contribution in [0.3, 0.4) is 0 Å². The van der Waals surface area contributed by atoms with Crippen molar-refractivity contribution in [2.24, 2.45) is 5.14 Å². The van der Waals surface area contributed by atoms with E-state index >= 15 is 0 Å². The Morgan fingerprint density at radius 3 is 2.55 bits per heavy atom. The molecule has 0 aliphatic carbocycles. The zero-order valence-electron chi connectivity index (χ0n) is 12.2. The number of hydrogen-bond donors (Lipinski definition) is 1. The second kappa shape index (κ2) is 5.68. The van der Waals surface area contributed by atoms with E-state index in [2.05, 4.69) is 39.9 Å². The van der Waals surface area contributed by atoms with Crippen molar-refractivity contribution in [1.82, 2.24) is 0 Å². The molecule has 116 valence electrons. The van der Waals surface area contributed by atoms with E-state index < -0.39 is 10.0 Å². The predicted molar refractivity (Wildman–Crippen MR) is 91.3 cm³/mol. The molecule has 1 unspecified atom stereocenters. The number of hydrogen-bond acceptors (Lipinski definition) is 3. The number of benzene rings is 2. The summed E-state index contributed by atoms with van der Waals surface area (Å²) in [6.45, 7) is 2.95. The second-order valence-electron chi connectivity index (χ2n) is 5.64. The largest absolute Gasteiger partial charge is 0.364 e. The first kappa shape index (κ1) is 15.5. The molecule has 3 rings (SSSR count). The quantitative estimate of drug-likeness (QED) is 0.889. The Bertz CT molecular complexity index is 803. The minimum atomic E-state index is -3.65. The van der Waals surface area contributed by atoms with Crippen LogP contribution in [-0.4, -0.2) is 14.5 Å². The first-order valence-corrected chi connectivity index (χ1v) is 9.35. The van der Waals surface area contributed by atoms with Crippen molar-refractivity contribution >= 4 is 31.6 Å². The molecule has 0 saturated carbocycles. The number of halogens is 1. The molecule has 1 aliphatic heterocycles. The summed E-state index contributed by atoms with van der Waals surface area (Å²) < 4.78 is 24.0. The molecule has 0 aromatic heterocycles. The number of rotatable bonds is 3. The van der Waals surface area contributed by atoms with Gasteiger partial charge < -0.3 is 4.90 Å². The van der Waals surface area contributed by atoms with E-state index in [-0.39, 0.29) is 4.90 Å². The van der Waals surface area contributed by atoms with Crippen LogP contribution in [0.5, 0.6) is 0 Å². The van der Waals surface area contributed by atoms with Gasteiger partial charge in [0.1, 0.15) is 0 Å². The molecule has 0 spiro atoms. The van der Waals surface area contributed by atoms with Crippen molar-refractivity contribution < 1.29 is 8.42 Å². The van der Waals surface area contributed by atoms with Gasteiger partial charge in [0.25, 0.3) is 0 Å². The molecule has 6 heteroatoms. The third kappa shape index (κ3) is 3.04. The fourth-order valence-corrected chi connectivity index (χ4v) is 3.70. The number of fused-ring (bicyclic) bond motifs is 1. The normalized spacial score (nSPS) is 17.6. The fourth-order valence-electron chi connectivity index (χ4n) is 2.88. The molecule has 1 atom stereocenters. The van der Waals surface area contributed by atoms with Crippen molar-refractivity contribution in [1.29, 1.82) is 0 Å². The summed E-state index contributed by atoms with van der Waals surface area (Å²) in [5.74, 6) is 0. The fraction of sp³-hybridized carbons (Fsp3) is 0.250. The van der Waals surface area contributed by atoms with Crippen LogP contribution in [0.1, 0.15) is 18.1 Å². The zero-order chi connectivity index (χ0) is 15.9. The molecule has 0 fully saturated rings. The summed E-state index contributed by atoms with van der Waals surface area (Å²) >= 11 is 3.44. The molecule has 2 N–H and O–H groups in total. The molecule has 0 amide bonds. The molecule has 0 radical (unpaired) electrons. The topological polar surface area (TPSA) is 63.4 Å². The van der Waals surface area contributed by atoms with Crippen LogP contribution in [0.4, 0.5) is 5.69 Å². The van der Waals surface area contributed by atoms with Gasteiger partial charge in [0, 0.05) is 22.7 Å². The molecule has 0 saturated heterocycles. The molecule has 1 heterocycles. The molecule has 2 aromatic carbocycles. The molecular formula is C16H17BrN2O2S. The molecule has 22 heavy (non-hydrogen) atoms. The molecule has 2 aromatic rings. The van der Waals surface area contributed by atoms with Crippen LogP contribution >= 0.6 is 15.9 Å². The van der Waals surface area contributed by atoms with Crippen LogP contribution in [0, 0.1) is 0 Å². The first-order chi connectivity index (χ1) is 10.3. The lowest BCUT2D eigenvalue weighted by Gasteiger charge is -2.25. The number of nitrogens with two attached hydrogens (primary N) is 1. The Morgan fingerprint density at radius 2 is 1.91 bits per heavy atom. The van der Waals surface area contributed by atoms with Gasteiger partial charge in [0.05, 0.1) is 4.90 Å². The summed E-state index contributed by atoms with van der Waals surface area (Å²) in [5, 5.41) is 5.21. The highest BCUT2D eigenvalue weighted by Gasteiger charge is 2.27. The summed E-state index contributed by atoms with van der Waals surface area (Å²) in [4.78, 5) is 2.48. The van der Waals surface area contributed by atoms with Crippen molar-refractivity contribution in [3.63, 3.8) is 0 Å². The van der Waals surface area contributed by atoms with Gasteiger partial charge in [-0.3, -0.25) is 0 Å². The van der Waals surface area contributed by atoms with Gasteiger partial charge in [-0.25, -0.2) is 13.6 Å². The smallest absolute Gasteiger partial charge is 0.238 e. The average Bonchev–Trinajstić information content (AvgIpc) is 2.76. The van der Waals surface area contributed by atoms with Gasteiger partial charge in [-0.2, -0.15) is 0 Å². The van der Waals surface area contributed by atoms with Gasteiger partial charge in [0.15, 0.2) is 0 Å². The van der Waals surface area contributed by atoms with Gasteiger partial charge in [-0.05, 0) is 54.8 Å². The van der Waals surface area contributed by atoms with E-state index in [9.17, 15) is 8.42 Å². The van der Waals surface area contributed by atoms with Crippen molar-refractivity contribution in [3.8, 4) is 0 Å².